The van der Waals surface area contributed by atoms with E-state index in [0.29, 0.717) is 35.7 Å². The Morgan fingerprint density at radius 3 is 1.52 bits per heavy atom. The molecule has 0 radical (unpaired) electrons. The molecule has 9 aromatic carbocycles. The number of nitrogens with zero attached hydrogens (tertiary/aromatic N) is 6. The van der Waals surface area contributed by atoms with E-state index in [2.05, 4.69) is 227 Å². The van der Waals surface area contributed by atoms with E-state index >= 15 is 0 Å². The monoisotopic (exact) mass is 1030 g/mol. The van der Waals surface area contributed by atoms with Crippen LogP contribution in [-0.4, -0.2) is 33.3 Å². The summed E-state index contributed by atoms with van der Waals surface area (Å²) in [6.07, 6.45) is 0. The van der Waals surface area contributed by atoms with Crippen LogP contribution in [0.4, 0.5) is 0 Å². The van der Waals surface area contributed by atoms with Crippen molar-refractivity contribution < 1.29 is 0 Å². The van der Waals surface area contributed by atoms with Gasteiger partial charge in [-0.3, -0.25) is 4.99 Å². The standard InChI is InChI=1S/C65H40N6S4/c1-66-63(50-21-9-17-42-29-33-73-58(42)50)68-61(67-38-47-20-8-16-41-28-32-72-57(41)47)45-24-26-48-53(36-45)55(39-12-4-2-5-13-39)49-27-25-46(37-54(49)56(48)40-14-6-3-7-15-40)62-69-64(51-22-10-18-43-30-34-74-59(43)51)71-65(70-62)52-23-11-19-44-31-35-75-60(44)52/h2-37H,1,38H2. The molecule has 0 bridgehead atoms. The second kappa shape index (κ2) is 19.0. The van der Waals surface area contributed by atoms with Crippen molar-refractivity contribution in [1.29, 1.82) is 0 Å². The van der Waals surface area contributed by atoms with E-state index in [0.717, 1.165) is 107 Å². The molecule has 0 fully saturated rings. The van der Waals surface area contributed by atoms with Gasteiger partial charge in [0.2, 0.25) is 0 Å². The first-order valence-electron chi connectivity index (χ1n) is 24.5. The van der Waals surface area contributed by atoms with Crippen LogP contribution in [0.25, 0.3) is 118 Å². The van der Waals surface area contributed by atoms with Gasteiger partial charge in [0.25, 0.3) is 0 Å². The molecule has 0 saturated carbocycles. The summed E-state index contributed by atoms with van der Waals surface area (Å²) < 4.78 is 4.63. The Balaban J connectivity index is 1.02. The van der Waals surface area contributed by atoms with Crippen LogP contribution in [0.15, 0.2) is 231 Å². The van der Waals surface area contributed by atoms with Gasteiger partial charge >= 0.3 is 0 Å². The summed E-state index contributed by atoms with van der Waals surface area (Å²) in [6.45, 7) is 4.50. The fourth-order valence-electron chi connectivity index (χ4n) is 10.4. The Morgan fingerprint density at radius 1 is 0.400 bits per heavy atom. The Labute approximate surface area is 447 Å². The minimum Gasteiger partial charge on any atom is -0.261 e. The number of fused-ring (bicyclic) bond motifs is 6. The van der Waals surface area contributed by atoms with Crippen molar-refractivity contribution in [2.24, 2.45) is 15.0 Å². The van der Waals surface area contributed by atoms with Gasteiger partial charge in [-0.05, 0) is 154 Å². The van der Waals surface area contributed by atoms with Crippen LogP contribution in [0.1, 0.15) is 16.7 Å². The SMILES string of the molecule is C=NC(=NC(=NCc1cccc2ccsc12)c1ccc2c(-c3ccccc3)c3cc(-c4nc(-c5cccc6ccsc56)nc(-c5cccc6ccsc56)n4)ccc3c(-c3ccccc3)c2c1)c1cccc2ccsc12. The molecule has 0 spiro atoms. The van der Waals surface area contributed by atoms with E-state index in [9.17, 15) is 0 Å². The fourth-order valence-corrected chi connectivity index (χ4v) is 14.0. The van der Waals surface area contributed by atoms with Crippen LogP contribution in [0.3, 0.4) is 0 Å². The maximum Gasteiger partial charge on any atom is 0.165 e. The second-order valence-corrected chi connectivity index (χ2v) is 21.9. The number of hydrogen-bond acceptors (Lipinski definition) is 8. The summed E-state index contributed by atoms with van der Waals surface area (Å²) in [5.41, 5.74) is 10.2. The smallest absolute Gasteiger partial charge is 0.165 e. The van der Waals surface area contributed by atoms with Gasteiger partial charge in [-0.2, -0.15) is 0 Å². The summed E-state index contributed by atoms with van der Waals surface area (Å²) >= 11 is 6.83. The van der Waals surface area contributed by atoms with E-state index in [4.69, 9.17) is 24.9 Å². The molecule has 0 aliphatic heterocycles. The molecular formula is C65H40N6S4. The minimum absolute atomic E-state index is 0.440. The zero-order chi connectivity index (χ0) is 49.8. The minimum atomic E-state index is 0.440. The fraction of sp³-hybridized carbons (Fsp3) is 0.0154. The van der Waals surface area contributed by atoms with Crippen molar-refractivity contribution in [3.63, 3.8) is 0 Å². The highest BCUT2D eigenvalue weighted by atomic mass is 32.1. The van der Waals surface area contributed by atoms with Crippen LogP contribution in [0, 0.1) is 0 Å². The Kier molecular flexibility index (Phi) is 11.4. The number of aromatic nitrogens is 3. The van der Waals surface area contributed by atoms with Gasteiger partial charge in [-0.25, -0.2) is 24.9 Å². The molecule has 5 aromatic heterocycles. The summed E-state index contributed by atoms with van der Waals surface area (Å²) in [6, 6.07) is 68.8. The first-order chi connectivity index (χ1) is 37.1. The highest BCUT2D eigenvalue weighted by Gasteiger charge is 2.22. The number of aliphatic imine (C=N–C) groups is 3. The molecule has 6 nitrogen and oxygen atoms in total. The summed E-state index contributed by atoms with van der Waals surface area (Å²) in [5.74, 6) is 3.00. The van der Waals surface area contributed by atoms with Gasteiger partial charge in [-0.1, -0.05) is 140 Å². The second-order valence-electron chi connectivity index (χ2n) is 18.2. The van der Waals surface area contributed by atoms with E-state index in [1.165, 1.54) is 10.1 Å². The Hall–Kier alpha value is -8.64. The first-order valence-corrected chi connectivity index (χ1v) is 28.0. The predicted octanol–water partition coefficient (Wildman–Crippen LogP) is 18.5. The molecule has 354 valence electrons. The van der Waals surface area contributed by atoms with Crippen molar-refractivity contribution >= 4 is 126 Å². The molecule has 0 amide bonds. The topological polar surface area (TPSA) is 75.8 Å². The zero-order valence-electron chi connectivity index (χ0n) is 40.0. The van der Waals surface area contributed by atoms with E-state index < -0.39 is 0 Å². The van der Waals surface area contributed by atoms with Crippen molar-refractivity contribution in [2.75, 3.05) is 0 Å². The van der Waals surface area contributed by atoms with Gasteiger partial charge in [-0.15, -0.1) is 45.3 Å². The summed E-state index contributed by atoms with van der Waals surface area (Å²) in [5, 5.41) is 17.5. The highest BCUT2D eigenvalue weighted by Crippen LogP contribution is 2.46. The molecular weight excluding hydrogens is 993 g/mol. The lowest BCUT2D eigenvalue weighted by atomic mass is 9.84. The predicted molar refractivity (Wildman–Crippen MR) is 323 cm³/mol. The molecule has 75 heavy (non-hydrogen) atoms. The lowest BCUT2D eigenvalue weighted by molar-refractivity contribution is 1.08. The van der Waals surface area contributed by atoms with Crippen LogP contribution >= 0.6 is 45.3 Å². The van der Waals surface area contributed by atoms with Crippen molar-refractivity contribution in [3.8, 4) is 56.4 Å². The van der Waals surface area contributed by atoms with Crippen molar-refractivity contribution in [1.82, 2.24) is 15.0 Å². The normalized spacial score (nSPS) is 12.3. The molecule has 0 unspecified atom stereocenters. The third-order valence-electron chi connectivity index (χ3n) is 13.9. The van der Waals surface area contributed by atoms with Crippen LogP contribution in [0.2, 0.25) is 0 Å². The van der Waals surface area contributed by atoms with E-state index in [1.54, 1.807) is 45.3 Å². The molecule has 14 rings (SSSR count). The molecule has 0 saturated heterocycles. The molecule has 0 aliphatic carbocycles. The van der Waals surface area contributed by atoms with Crippen molar-refractivity contribution in [2.45, 2.75) is 6.54 Å². The lowest BCUT2D eigenvalue weighted by Crippen LogP contribution is -2.06. The molecule has 0 aliphatic rings. The average Bonchev–Trinajstić information content (AvgIpc) is 4.34. The Bertz CT molecular complexity index is 4510. The van der Waals surface area contributed by atoms with E-state index in [-0.39, 0.29) is 0 Å². The van der Waals surface area contributed by atoms with Gasteiger partial charge in [0.15, 0.2) is 29.1 Å². The number of hydrogen-bond donors (Lipinski definition) is 0. The molecule has 14 aromatic rings. The van der Waals surface area contributed by atoms with Gasteiger partial charge in [0.05, 0.1) is 6.54 Å². The molecule has 0 atom stereocenters. The number of rotatable bonds is 9. The van der Waals surface area contributed by atoms with Gasteiger partial charge in [0.1, 0.15) is 0 Å². The summed E-state index contributed by atoms with van der Waals surface area (Å²) in [4.78, 5) is 31.3. The molecule has 0 N–H and O–H groups in total. The van der Waals surface area contributed by atoms with Crippen LogP contribution in [-0.2, 0) is 6.54 Å². The average molecular weight is 1030 g/mol. The number of benzene rings is 9. The Morgan fingerprint density at radius 2 is 0.907 bits per heavy atom. The largest absolute Gasteiger partial charge is 0.261 e. The first kappa shape index (κ1) is 45.0. The molecule has 10 heteroatoms. The van der Waals surface area contributed by atoms with Crippen LogP contribution in [0.5, 0.6) is 0 Å². The number of thiophene rings is 4. The van der Waals surface area contributed by atoms with Crippen LogP contribution < -0.4 is 0 Å². The van der Waals surface area contributed by atoms with Gasteiger partial charge in [0, 0.05) is 46.6 Å². The molecule has 5 heterocycles. The third-order valence-corrected chi connectivity index (χ3v) is 17.8. The zero-order valence-corrected chi connectivity index (χ0v) is 43.3. The maximum absolute atomic E-state index is 5.39. The third kappa shape index (κ3) is 8.07. The quantitative estimate of drug-likeness (QED) is 0.0821. The van der Waals surface area contributed by atoms with Gasteiger partial charge < -0.3 is 0 Å². The van der Waals surface area contributed by atoms with Crippen molar-refractivity contribution in [3.05, 3.63) is 232 Å². The maximum atomic E-state index is 5.39. The lowest BCUT2D eigenvalue weighted by Gasteiger charge is -2.19. The highest BCUT2D eigenvalue weighted by molar-refractivity contribution is 7.18. The number of amidine groups is 2. The van der Waals surface area contributed by atoms with E-state index in [1.807, 2.05) is 0 Å². The summed E-state index contributed by atoms with van der Waals surface area (Å²) in [7, 11) is 0.